The van der Waals surface area contributed by atoms with Crippen LogP contribution in [0.4, 0.5) is 8.78 Å². The number of hydrogen-bond acceptors (Lipinski definition) is 2. The second-order valence-corrected chi connectivity index (χ2v) is 5.32. The second-order valence-electron chi connectivity index (χ2n) is 5.32. The van der Waals surface area contributed by atoms with E-state index in [4.69, 9.17) is 5.73 Å². The third-order valence-electron chi connectivity index (χ3n) is 3.64. The molecule has 4 heteroatoms. The maximum Gasteiger partial charge on any atom is 0.129 e. The number of likely N-dealkylation sites (tertiary alicyclic amines) is 1. The first-order valence-corrected chi connectivity index (χ1v) is 6.47. The molecule has 1 fully saturated rings. The highest BCUT2D eigenvalue weighted by Crippen LogP contribution is 2.22. The molecular formula is C14H20F2N2. The maximum atomic E-state index is 13.6. The molecule has 0 amide bonds. The fourth-order valence-electron chi connectivity index (χ4n) is 2.57. The summed E-state index contributed by atoms with van der Waals surface area (Å²) in [5.74, 6) is -1.06. The summed E-state index contributed by atoms with van der Waals surface area (Å²) in [4.78, 5) is 2.19. The summed E-state index contributed by atoms with van der Waals surface area (Å²) in [6.45, 7) is 3.83. The SMILES string of the molecule is CC(N)(Cc1ccc(F)cc1F)N1CCCCC1. The lowest BCUT2D eigenvalue weighted by molar-refractivity contribution is 0.0848. The Morgan fingerprint density at radius 1 is 1.22 bits per heavy atom. The monoisotopic (exact) mass is 254 g/mol. The van der Waals surface area contributed by atoms with Crippen molar-refractivity contribution in [2.45, 2.75) is 38.3 Å². The van der Waals surface area contributed by atoms with Gasteiger partial charge in [-0.3, -0.25) is 4.90 Å². The van der Waals surface area contributed by atoms with Gasteiger partial charge in [-0.1, -0.05) is 12.5 Å². The molecule has 0 radical (unpaired) electrons. The molecule has 0 aromatic heterocycles. The normalized spacial score (nSPS) is 20.7. The van der Waals surface area contributed by atoms with Crippen LogP contribution in [0.3, 0.4) is 0 Å². The van der Waals surface area contributed by atoms with Crippen molar-refractivity contribution in [3.8, 4) is 0 Å². The number of piperidine rings is 1. The molecule has 1 aromatic rings. The Morgan fingerprint density at radius 2 is 1.89 bits per heavy atom. The smallest absolute Gasteiger partial charge is 0.129 e. The van der Waals surface area contributed by atoms with Gasteiger partial charge in [-0.15, -0.1) is 0 Å². The van der Waals surface area contributed by atoms with E-state index in [-0.39, 0.29) is 0 Å². The van der Waals surface area contributed by atoms with Gasteiger partial charge in [0.1, 0.15) is 11.6 Å². The van der Waals surface area contributed by atoms with Crippen molar-refractivity contribution < 1.29 is 8.78 Å². The van der Waals surface area contributed by atoms with Gasteiger partial charge in [0.2, 0.25) is 0 Å². The van der Waals surface area contributed by atoms with Crippen molar-refractivity contribution in [2.24, 2.45) is 5.73 Å². The van der Waals surface area contributed by atoms with Crippen molar-refractivity contribution in [3.63, 3.8) is 0 Å². The van der Waals surface area contributed by atoms with Crippen LogP contribution in [0.1, 0.15) is 31.7 Å². The molecule has 1 aliphatic rings. The number of nitrogens with two attached hydrogens (primary N) is 1. The van der Waals surface area contributed by atoms with Crippen LogP contribution >= 0.6 is 0 Å². The highest BCUT2D eigenvalue weighted by molar-refractivity contribution is 5.20. The van der Waals surface area contributed by atoms with Crippen molar-refractivity contribution in [1.29, 1.82) is 0 Å². The maximum absolute atomic E-state index is 13.6. The summed E-state index contributed by atoms with van der Waals surface area (Å²) in [6, 6.07) is 3.69. The molecule has 1 aliphatic heterocycles. The van der Waals surface area contributed by atoms with Gasteiger partial charge in [0.25, 0.3) is 0 Å². The van der Waals surface area contributed by atoms with E-state index in [2.05, 4.69) is 4.90 Å². The first-order valence-electron chi connectivity index (χ1n) is 6.47. The van der Waals surface area contributed by atoms with Gasteiger partial charge in [0.15, 0.2) is 0 Å². The first-order chi connectivity index (χ1) is 8.49. The van der Waals surface area contributed by atoms with E-state index in [0.29, 0.717) is 12.0 Å². The van der Waals surface area contributed by atoms with Crippen molar-refractivity contribution in [1.82, 2.24) is 4.90 Å². The van der Waals surface area contributed by atoms with Gasteiger partial charge in [-0.05, 0) is 44.5 Å². The summed E-state index contributed by atoms with van der Waals surface area (Å²) in [5.41, 5.74) is 6.20. The predicted molar refractivity (Wildman–Crippen MR) is 68.1 cm³/mol. The van der Waals surface area contributed by atoms with Crippen LogP contribution in [0.5, 0.6) is 0 Å². The Kier molecular flexibility index (Phi) is 3.97. The lowest BCUT2D eigenvalue weighted by atomic mass is 9.97. The topological polar surface area (TPSA) is 29.3 Å². The molecule has 2 N–H and O–H groups in total. The average Bonchev–Trinajstić information content (AvgIpc) is 2.34. The van der Waals surface area contributed by atoms with E-state index in [1.54, 1.807) is 0 Å². The Morgan fingerprint density at radius 3 is 2.50 bits per heavy atom. The molecule has 1 saturated heterocycles. The molecule has 1 unspecified atom stereocenters. The lowest BCUT2D eigenvalue weighted by Gasteiger charge is -2.40. The molecule has 0 bridgehead atoms. The second kappa shape index (κ2) is 5.33. The van der Waals surface area contributed by atoms with Gasteiger partial charge < -0.3 is 5.73 Å². The number of benzene rings is 1. The largest absolute Gasteiger partial charge is 0.313 e. The Balaban J connectivity index is 2.10. The summed E-state index contributed by atoms with van der Waals surface area (Å²) in [6.07, 6.45) is 3.91. The van der Waals surface area contributed by atoms with Crippen molar-refractivity contribution in [3.05, 3.63) is 35.4 Å². The molecule has 2 rings (SSSR count). The zero-order chi connectivity index (χ0) is 13.2. The zero-order valence-corrected chi connectivity index (χ0v) is 10.8. The lowest BCUT2D eigenvalue weighted by Crippen LogP contribution is -2.57. The minimum absolute atomic E-state index is 0.402. The van der Waals surface area contributed by atoms with Crippen LogP contribution in [0, 0.1) is 11.6 Å². The minimum atomic E-state index is -0.570. The molecule has 0 saturated carbocycles. The number of nitrogens with zero attached hydrogens (tertiary/aromatic N) is 1. The summed E-state index contributed by atoms with van der Waals surface area (Å²) in [5, 5.41) is 0. The van der Waals surface area contributed by atoms with E-state index in [1.165, 1.54) is 18.6 Å². The van der Waals surface area contributed by atoms with Crippen LogP contribution in [0.25, 0.3) is 0 Å². The van der Waals surface area contributed by atoms with Crippen molar-refractivity contribution >= 4 is 0 Å². The number of halogens is 2. The van der Waals surface area contributed by atoms with Crippen LogP contribution in [0.15, 0.2) is 18.2 Å². The van der Waals surface area contributed by atoms with E-state index in [1.807, 2.05) is 6.92 Å². The van der Waals surface area contributed by atoms with Crippen LogP contribution in [0.2, 0.25) is 0 Å². The predicted octanol–water partition coefficient (Wildman–Crippen LogP) is 2.67. The molecular weight excluding hydrogens is 234 g/mol. The summed E-state index contributed by atoms with van der Waals surface area (Å²) >= 11 is 0. The van der Waals surface area contributed by atoms with Crippen molar-refractivity contribution in [2.75, 3.05) is 13.1 Å². The van der Waals surface area contributed by atoms with Gasteiger partial charge in [-0.2, -0.15) is 0 Å². The Bertz CT molecular complexity index is 412. The molecule has 0 spiro atoms. The minimum Gasteiger partial charge on any atom is -0.313 e. The van der Waals surface area contributed by atoms with Gasteiger partial charge in [0, 0.05) is 12.5 Å². The van der Waals surface area contributed by atoms with Gasteiger partial charge >= 0.3 is 0 Å². The van der Waals surface area contributed by atoms with E-state index < -0.39 is 17.3 Å². The van der Waals surface area contributed by atoms with E-state index in [0.717, 1.165) is 32.0 Å². The van der Waals surface area contributed by atoms with Gasteiger partial charge in [0.05, 0.1) is 5.66 Å². The first kappa shape index (κ1) is 13.4. The molecule has 1 atom stereocenters. The van der Waals surface area contributed by atoms with E-state index >= 15 is 0 Å². The molecule has 1 aromatic carbocycles. The average molecular weight is 254 g/mol. The standard InChI is InChI=1S/C14H20F2N2/c1-14(17,18-7-3-2-4-8-18)10-11-5-6-12(15)9-13(11)16/h5-6,9H,2-4,7-8,10,17H2,1H3. The fourth-order valence-corrected chi connectivity index (χ4v) is 2.57. The van der Waals surface area contributed by atoms with Gasteiger partial charge in [-0.25, -0.2) is 8.78 Å². The molecule has 100 valence electrons. The molecule has 1 heterocycles. The third kappa shape index (κ3) is 3.06. The summed E-state index contributed by atoms with van der Waals surface area (Å²) in [7, 11) is 0. The quantitative estimate of drug-likeness (QED) is 0.898. The number of hydrogen-bond donors (Lipinski definition) is 1. The van der Waals surface area contributed by atoms with Crippen LogP contribution < -0.4 is 5.73 Å². The highest BCUT2D eigenvalue weighted by atomic mass is 19.1. The van der Waals surface area contributed by atoms with E-state index in [9.17, 15) is 8.78 Å². The number of rotatable bonds is 3. The molecule has 2 nitrogen and oxygen atoms in total. The highest BCUT2D eigenvalue weighted by Gasteiger charge is 2.29. The zero-order valence-electron chi connectivity index (χ0n) is 10.8. The molecule has 18 heavy (non-hydrogen) atoms. The van der Waals surface area contributed by atoms with Crippen LogP contribution in [-0.2, 0) is 6.42 Å². The van der Waals surface area contributed by atoms with Crippen LogP contribution in [-0.4, -0.2) is 23.7 Å². The third-order valence-corrected chi connectivity index (χ3v) is 3.64. The Hall–Kier alpha value is -1.00. The summed E-state index contributed by atoms with van der Waals surface area (Å²) < 4.78 is 26.5. The molecule has 0 aliphatic carbocycles. The Labute approximate surface area is 107 Å². The fraction of sp³-hybridized carbons (Fsp3) is 0.571.